The minimum absolute atomic E-state index is 0.620. The van der Waals surface area contributed by atoms with Crippen molar-refractivity contribution in [2.45, 2.75) is 13.8 Å². The van der Waals surface area contributed by atoms with Gasteiger partial charge in [0.2, 0.25) is 6.08 Å². The maximum absolute atomic E-state index is 10.1. The highest BCUT2D eigenvalue weighted by Gasteiger charge is 2.03. The highest BCUT2D eigenvalue weighted by molar-refractivity contribution is 6.31. The van der Waals surface area contributed by atoms with Gasteiger partial charge in [0.05, 0.1) is 5.69 Å². The third-order valence-electron chi connectivity index (χ3n) is 1.72. The summed E-state index contributed by atoms with van der Waals surface area (Å²) in [6.45, 7) is 3.70. The smallest absolute Gasteiger partial charge is 0.211 e. The summed E-state index contributed by atoms with van der Waals surface area (Å²) in [5.74, 6) is 0. The maximum atomic E-state index is 10.1. The molecule has 0 aliphatic rings. The van der Waals surface area contributed by atoms with Gasteiger partial charge in [-0.3, -0.25) is 0 Å². The molecule has 0 aliphatic carbocycles. The fourth-order valence-corrected chi connectivity index (χ4v) is 1.18. The second kappa shape index (κ2) is 3.53. The average molecular weight is 182 g/mol. The summed E-state index contributed by atoms with van der Waals surface area (Å²) in [6, 6.07) is 3.61. The first-order valence-corrected chi connectivity index (χ1v) is 3.88. The molecule has 0 fully saturated rings. The summed E-state index contributed by atoms with van der Waals surface area (Å²) >= 11 is 5.83. The van der Waals surface area contributed by atoms with E-state index in [0.717, 1.165) is 11.1 Å². The van der Waals surface area contributed by atoms with E-state index in [9.17, 15) is 4.79 Å². The van der Waals surface area contributed by atoms with Gasteiger partial charge >= 0.3 is 0 Å². The largest absolute Gasteiger partial charge is 0.240 e. The second-order valence-corrected chi connectivity index (χ2v) is 2.95. The zero-order valence-electron chi connectivity index (χ0n) is 6.89. The van der Waals surface area contributed by atoms with Gasteiger partial charge in [-0.15, -0.1) is 0 Å². The summed E-state index contributed by atoms with van der Waals surface area (Å²) in [7, 11) is 0. The van der Waals surface area contributed by atoms with Crippen molar-refractivity contribution in [1.29, 1.82) is 0 Å². The topological polar surface area (TPSA) is 29.4 Å². The number of hydrogen-bond donors (Lipinski definition) is 0. The van der Waals surface area contributed by atoms with Crippen LogP contribution in [-0.2, 0) is 4.79 Å². The van der Waals surface area contributed by atoms with E-state index in [1.54, 1.807) is 6.07 Å². The first-order chi connectivity index (χ1) is 5.66. The quantitative estimate of drug-likeness (QED) is 0.484. The van der Waals surface area contributed by atoms with Gasteiger partial charge in [0.15, 0.2) is 0 Å². The predicted octanol–water partition coefficient (Wildman–Crippen LogP) is 2.92. The number of benzene rings is 1. The number of halogens is 1. The lowest BCUT2D eigenvalue weighted by molar-refractivity contribution is 0.565. The predicted molar refractivity (Wildman–Crippen MR) is 48.7 cm³/mol. The highest BCUT2D eigenvalue weighted by atomic mass is 35.5. The zero-order valence-corrected chi connectivity index (χ0v) is 7.64. The molecule has 12 heavy (non-hydrogen) atoms. The molecule has 1 aromatic rings. The Labute approximate surface area is 75.9 Å². The van der Waals surface area contributed by atoms with Crippen LogP contribution in [0.5, 0.6) is 0 Å². The van der Waals surface area contributed by atoms with Crippen LogP contribution < -0.4 is 0 Å². The van der Waals surface area contributed by atoms with Crippen LogP contribution in [0.15, 0.2) is 17.1 Å². The van der Waals surface area contributed by atoms with Crippen molar-refractivity contribution < 1.29 is 4.79 Å². The van der Waals surface area contributed by atoms with Gasteiger partial charge in [0.25, 0.3) is 0 Å². The molecule has 62 valence electrons. The van der Waals surface area contributed by atoms with Crippen molar-refractivity contribution in [2.75, 3.05) is 0 Å². The minimum Gasteiger partial charge on any atom is -0.211 e. The zero-order chi connectivity index (χ0) is 9.14. The van der Waals surface area contributed by atoms with Gasteiger partial charge in [-0.25, -0.2) is 4.79 Å². The second-order valence-electron chi connectivity index (χ2n) is 2.54. The Hall–Kier alpha value is -1.11. The van der Waals surface area contributed by atoms with E-state index in [1.807, 2.05) is 19.9 Å². The first kappa shape index (κ1) is 8.98. The minimum atomic E-state index is 0.620. The Kier molecular flexibility index (Phi) is 2.64. The number of aryl methyl sites for hydroxylation is 1. The molecule has 1 rings (SSSR count). The van der Waals surface area contributed by atoms with Crippen LogP contribution in [0.3, 0.4) is 0 Å². The summed E-state index contributed by atoms with van der Waals surface area (Å²) < 4.78 is 0. The molecular weight excluding hydrogens is 174 g/mol. The maximum Gasteiger partial charge on any atom is 0.240 e. The van der Waals surface area contributed by atoms with Gasteiger partial charge in [-0.2, -0.15) is 4.99 Å². The Morgan fingerprint density at radius 3 is 2.67 bits per heavy atom. The lowest BCUT2D eigenvalue weighted by atomic mass is 10.1. The van der Waals surface area contributed by atoms with Crippen LogP contribution in [0.4, 0.5) is 5.69 Å². The van der Waals surface area contributed by atoms with Crippen molar-refractivity contribution in [3.8, 4) is 0 Å². The summed E-state index contributed by atoms with van der Waals surface area (Å²) in [5, 5.41) is 0.620. The van der Waals surface area contributed by atoms with Gasteiger partial charge < -0.3 is 0 Å². The van der Waals surface area contributed by atoms with E-state index in [1.165, 1.54) is 6.08 Å². The molecule has 0 aliphatic heterocycles. The molecule has 3 heteroatoms. The molecular formula is C9H8ClNO. The van der Waals surface area contributed by atoms with Crippen molar-refractivity contribution in [1.82, 2.24) is 0 Å². The van der Waals surface area contributed by atoms with E-state index < -0.39 is 0 Å². The number of nitrogens with zero attached hydrogens (tertiary/aromatic N) is 1. The van der Waals surface area contributed by atoms with E-state index in [4.69, 9.17) is 11.6 Å². The number of isocyanates is 1. The molecule has 0 radical (unpaired) electrons. The van der Waals surface area contributed by atoms with Crippen LogP contribution in [0.1, 0.15) is 11.1 Å². The van der Waals surface area contributed by atoms with E-state index in [2.05, 4.69) is 4.99 Å². The molecule has 0 unspecified atom stereocenters. The number of hydrogen-bond acceptors (Lipinski definition) is 2. The van der Waals surface area contributed by atoms with E-state index >= 15 is 0 Å². The van der Waals surface area contributed by atoms with Gasteiger partial charge in [-0.05, 0) is 31.0 Å². The average Bonchev–Trinajstić information content (AvgIpc) is 2.06. The summed E-state index contributed by atoms with van der Waals surface area (Å²) in [5.41, 5.74) is 2.37. The van der Waals surface area contributed by atoms with Crippen LogP contribution in [0.25, 0.3) is 0 Å². The normalized spacial score (nSPS) is 9.25. The van der Waals surface area contributed by atoms with Crippen molar-refractivity contribution in [2.24, 2.45) is 4.99 Å². The van der Waals surface area contributed by atoms with Gasteiger partial charge in [0.1, 0.15) is 0 Å². The SMILES string of the molecule is Cc1ccc(Cl)c(C)c1N=C=O. The highest BCUT2D eigenvalue weighted by Crippen LogP contribution is 2.28. The van der Waals surface area contributed by atoms with Crippen molar-refractivity contribution >= 4 is 23.4 Å². The molecule has 0 spiro atoms. The summed E-state index contributed by atoms with van der Waals surface area (Å²) in [4.78, 5) is 13.6. The fraction of sp³-hybridized carbons (Fsp3) is 0.222. The standard InChI is InChI=1S/C9H8ClNO/c1-6-3-4-8(10)7(2)9(6)11-5-12/h3-4H,1-2H3. The van der Waals surface area contributed by atoms with Crippen LogP contribution in [0, 0.1) is 13.8 Å². The van der Waals surface area contributed by atoms with Crippen LogP contribution >= 0.6 is 11.6 Å². The van der Waals surface area contributed by atoms with Crippen molar-refractivity contribution in [3.63, 3.8) is 0 Å². The summed E-state index contributed by atoms with van der Waals surface area (Å²) in [6.07, 6.45) is 1.51. The molecule has 1 aromatic carbocycles. The molecule has 0 amide bonds. The first-order valence-electron chi connectivity index (χ1n) is 3.50. The number of aliphatic imine (C=N–C) groups is 1. The lowest BCUT2D eigenvalue weighted by Gasteiger charge is -2.03. The number of rotatable bonds is 1. The Morgan fingerprint density at radius 1 is 1.42 bits per heavy atom. The Balaban J connectivity index is 3.42. The lowest BCUT2D eigenvalue weighted by Crippen LogP contribution is -1.81. The van der Waals surface area contributed by atoms with Gasteiger partial charge in [-0.1, -0.05) is 17.7 Å². The van der Waals surface area contributed by atoms with Gasteiger partial charge in [0, 0.05) is 5.02 Å². The third-order valence-corrected chi connectivity index (χ3v) is 2.13. The van der Waals surface area contributed by atoms with Crippen LogP contribution in [-0.4, -0.2) is 6.08 Å². The van der Waals surface area contributed by atoms with E-state index in [0.29, 0.717) is 10.7 Å². The fourth-order valence-electron chi connectivity index (χ4n) is 1.03. The molecule has 0 atom stereocenters. The third kappa shape index (κ3) is 1.55. The van der Waals surface area contributed by atoms with Crippen LogP contribution in [0.2, 0.25) is 5.02 Å². The molecule has 0 saturated heterocycles. The molecule has 0 bridgehead atoms. The molecule has 2 nitrogen and oxygen atoms in total. The molecule has 0 N–H and O–H groups in total. The molecule has 0 aromatic heterocycles. The van der Waals surface area contributed by atoms with Crippen molar-refractivity contribution in [3.05, 3.63) is 28.3 Å². The number of carbonyl (C=O) groups excluding carboxylic acids is 1. The Morgan fingerprint density at radius 2 is 2.08 bits per heavy atom. The molecule has 0 heterocycles. The molecule has 0 saturated carbocycles. The van der Waals surface area contributed by atoms with E-state index in [-0.39, 0.29) is 0 Å². The Bertz CT molecular complexity index is 354. The monoisotopic (exact) mass is 181 g/mol.